The van der Waals surface area contributed by atoms with E-state index in [0.717, 1.165) is 46.0 Å². The van der Waals surface area contributed by atoms with Crippen molar-refractivity contribution in [1.29, 1.82) is 0 Å². The standard InChI is InChI=1S/C23H22N4OS/c1-16-25-12-18(29-16)14-27-22-20(8-5-10-24-22)19-9-11-26(15-21(19)23(27)28)13-17-6-3-2-4-7-17/h2-8,10,12H,9,11,13-15H2,1H3. The van der Waals surface area contributed by atoms with Crippen molar-refractivity contribution in [2.75, 3.05) is 6.54 Å². The monoisotopic (exact) mass is 402 g/mol. The summed E-state index contributed by atoms with van der Waals surface area (Å²) in [6, 6.07) is 14.5. The number of thiazole rings is 1. The van der Waals surface area contributed by atoms with Crippen LogP contribution >= 0.6 is 11.3 Å². The normalized spacial score (nSPS) is 14.2. The molecule has 0 aliphatic carbocycles. The second-order valence-corrected chi connectivity index (χ2v) is 8.83. The first kappa shape index (κ1) is 18.2. The lowest BCUT2D eigenvalue weighted by molar-refractivity contribution is 0.244. The molecular formula is C23H22N4OS. The average Bonchev–Trinajstić information content (AvgIpc) is 3.16. The Hall–Kier alpha value is -2.83. The van der Waals surface area contributed by atoms with Gasteiger partial charge in [-0.1, -0.05) is 30.3 Å². The van der Waals surface area contributed by atoms with Crippen LogP contribution in [0.3, 0.4) is 0 Å². The van der Waals surface area contributed by atoms with Crippen molar-refractivity contribution < 1.29 is 0 Å². The number of aromatic nitrogens is 3. The SMILES string of the molecule is Cc1ncc(Cn2c(=O)c3c(c4cccnc42)CCN(Cc2ccccc2)C3)s1. The lowest BCUT2D eigenvalue weighted by Crippen LogP contribution is -2.37. The molecule has 146 valence electrons. The molecule has 4 aromatic rings. The zero-order valence-corrected chi connectivity index (χ0v) is 17.2. The molecule has 0 bridgehead atoms. The minimum Gasteiger partial charge on any atom is -0.294 e. The van der Waals surface area contributed by atoms with Gasteiger partial charge in [0.15, 0.2) is 0 Å². The van der Waals surface area contributed by atoms with Crippen LogP contribution in [-0.2, 0) is 26.1 Å². The summed E-state index contributed by atoms with van der Waals surface area (Å²) in [4.78, 5) is 25.9. The van der Waals surface area contributed by atoms with E-state index in [1.807, 2.05) is 29.8 Å². The summed E-state index contributed by atoms with van der Waals surface area (Å²) in [5, 5.41) is 2.11. The molecule has 0 saturated carbocycles. The number of nitrogens with zero attached hydrogens (tertiary/aromatic N) is 4. The van der Waals surface area contributed by atoms with Gasteiger partial charge in [-0.15, -0.1) is 11.3 Å². The van der Waals surface area contributed by atoms with Crippen molar-refractivity contribution in [3.05, 3.63) is 91.8 Å². The summed E-state index contributed by atoms with van der Waals surface area (Å²) in [5.74, 6) is 0. The van der Waals surface area contributed by atoms with Gasteiger partial charge in [-0.3, -0.25) is 14.3 Å². The molecule has 5 rings (SSSR count). The van der Waals surface area contributed by atoms with E-state index in [2.05, 4.69) is 45.2 Å². The van der Waals surface area contributed by atoms with E-state index < -0.39 is 0 Å². The maximum atomic E-state index is 13.5. The molecule has 4 heterocycles. The third kappa shape index (κ3) is 3.50. The fraction of sp³-hybridized carbons (Fsp3) is 0.261. The van der Waals surface area contributed by atoms with Gasteiger partial charge in [0.2, 0.25) is 0 Å². The summed E-state index contributed by atoms with van der Waals surface area (Å²) in [6.45, 7) is 4.99. The molecular weight excluding hydrogens is 380 g/mol. The van der Waals surface area contributed by atoms with Crippen LogP contribution in [0.2, 0.25) is 0 Å². The fourth-order valence-electron chi connectivity index (χ4n) is 4.18. The van der Waals surface area contributed by atoms with E-state index in [0.29, 0.717) is 13.1 Å². The minimum absolute atomic E-state index is 0.0787. The van der Waals surface area contributed by atoms with Gasteiger partial charge in [0, 0.05) is 47.9 Å². The molecule has 1 aromatic carbocycles. The molecule has 1 aliphatic heterocycles. The third-order valence-electron chi connectivity index (χ3n) is 5.53. The quantitative estimate of drug-likeness (QED) is 0.521. The minimum atomic E-state index is 0.0787. The molecule has 0 saturated heterocycles. The first-order chi connectivity index (χ1) is 14.2. The molecule has 3 aromatic heterocycles. The van der Waals surface area contributed by atoms with E-state index in [9.17, 15) is 4.79 Å². The zero-order chi connectivity index (χ0) is 19.8. The first-order valence-corrected chi connectivity index (χ1v) is 10.7. The average molecular weight is 403 g/mol. The number of rotatable bonds is 4. The molecule has 5 nitrogen and oxygen atoms in total. The molecule has 0 fully saturated rings. The number of hydrogen-bond acceptors (Lipinski definition) is 5. The highest BCUT2D eigenvalue weighted by Crippen LogP contribution is 2.26. The largest absolute Gasteiger partial charge is 0.294 e. The van der Waals surface area contributed by atoms with Crippen LogP contribution in [0, 0.1) is 6.92 Å². The van der Waals surface area contributed by atoms with Crippen molar-refractivity contribution in [2.24, 2.45) is 0 Å². The van der Waals surface area contributed by atoms with Crippen molar-refractivity contribution in [3.8, 4) is 0 Å². The van der Waals surface area contributed by atoms with E-state index in [1.54, 1.807) is 17.5 Å². The highest BCUT2D eigenvalue weighted by molar-refractivity contribution is 7.11. The van der Waals surface area contributed by atoms with Crippen LogP contribution in [0.15, 0.2) is 59.7 Å². The van der Waals surface area contributed by atoms with E-state index in [4.69, 9.17) is 0 Å². The van der Waals surface area contributed by atoms with Crippen LogP contribution in [0.4, 0.5) is 0 Å². The lowest BCUT2D eigenvalue weighted by atomic mass is 9.97. The molecule has 29 heavy (non-hydrogen) atoms. The molecule has 0 unspecified atom stereocenters. The van der Waals surface area contributed by atoms with Crippen molar-refractivity contribution in [1.82, 2.24) is 19.4 Å². The highest BCUT2D eigenvalue weighted by atomic mass is 32.1. The topological polar surface area (TPSA) is 51.0 Å². The second kappa shape index (κ2) is 7.54. The number of fused-ring (bicyclic) bond motifs is 3. The number of hydrogen-bond donors (Lipinski definition) is 0. The zero-order valence-electron chi connectivity index (χ0n) is 16.3. The van der Waals surface area contributed by atoms with Gasteiger partial charge in [-0.05, 0) is 36.6 Å². The van der Waals surface area contributed by atoms with E-state index in [1.165, 1.54) is 11.1 Å². The maximum Gasteiger partial charge on any atom is 0.257 e. The van der Waals surface area contributed by atoms with Gasteiger partial charge in [0.05, 0.1) is 11.6 Å². The molecule has 0 radical (unpaired) electrons. The summed E-state index contributed by atoms with van der Waals surface area (Å²) in [6.07, 6.45) is 4.51. The Morgan fingerprint density at radius 2 is 1.90 bits per heavy atom. The molecule has 6 heteroatoms. The molecule has 1 aliphatic rings. The van der Waals surface area contributed by atoms with E-state index in [-0.39, 0.29) is 5.56 Å². The van der Waals surface area contributed by atoms with Crippen LogP contribution < -0.4 is 5.56 Å². The van der Waals surface area contributed by atoms with Crippen molar-refractivity contribution >= 4 is 22.4 Å². The second-order valence-electron chi connectivity index (χ2n) is 7.51. The van der Waals surface area contributed by atoms with Gasteiger partial charge in [-0.2, -0.15) is 0 Å². The smallest absolute Gasteiger partial charge is 0.257 e. The Morgan fingerprint density at radius 3 is 2.69 bits per heavy atom. The fourth-order valence-corrected chi connectivity index (χ4v) is 4.96. The summed E-state index contributed by atoms with van der Waals surface area (Å²) >= 11 is 1.63. The Kier molecular flexibility index (Phi) is 4.73. The Balaban J connectivity index is 1.57. The Bertz CT molecular complexity index is 1230. The van der Waals surface area contributed by atoms with Crippen LogP contribution in [0.5, 0.6) is 0 Å². The predicted octanol–water partition coefficient (Wildman–Crippen LogP) is 3.77. The van der Waals surface area contributed by atoms with Gasteiger partial charge in [0.25, 0.3) is 5.56 Å². The van der Waals surface area contributed by atoms with Gasteiger partial charge in [0.1, 0.15) is 5.65 Å². The summed E-state index contributed by atoms with van der Waals surface area (Å²) < 4.78 is 1.83. The van der Waals surface area contributed by atoms with E-state index >= 15 is 0 Å². The van der Waals surface area contributed by atoms with Gasteiger partial charge in [-0.25, -0.2) is 9.97 Å². The van der Waals surface area contributed by atoms with Crippen LogP contribution in [0.25, 0.3) is 11.0 Å². The summed E-state index contributed by atoms with van der Waals surface area (Å²) in [5.41, 5.74) is 4.21. The number of benzene rings is 1. The lowest BCUT2D eigenvalue weighted by Gasteiger charge is -2.29. The molecule has 0 N–H and O–H groups in total. The maximum absolute atomic E-state index is 13.5. The predicted molar refractivity (Wildman–Crippen MR) is 116 cm³/mol. The number of pyridine rings is 2. The highest BCUT2D eigenvalue weighted by Gasteiger charge is 2.24. The van der Waals surface area contributed by atoms with Crippen LogP contribution in [0.1, 0.15) is 26.6 Å². The van der Waals surface area contributed by atoms with Crippen molar-refractivity contribution in [3.63, 3.8) is 0 Å². The Labute approximate surface area is 173 Å². The van der Waals surface area contributed by atoms with Gasteiger partial charge >= 0.3 is 0 Å². The van der Waals surface area contributed by atoms with Gasteiger partial charge < -0.3 is 0 Å². The first-order valence-electron chi connectivity index (χ1n) is 9.86. The van der Waals surface area contributed by atoms with Crippen molar-refractivity contribution in [2.45, 2.75) is 33.0 Å². The molecule has 0 atom stereocenters. The molecule has 0 amide bonds. The third-order valence-corrected chi connectivity index (χ3v) is 6.42. The summed E-state index contributed by atoms with van der Waals surface area (Å²) in [7, 11) is 0. The van der Waals surface area contributed by atoms with Crippen LogP contribution in [-0.4, -0.2) is 26.0 Å². The Morgan fingerprint density at radius 1 is 1.03 bits per heavy atom. The number of aryl methyl sites for hydroxylation is 1. The molecule has 0 spiro atoms.